The number of nitrogens with one attached hydrogen (secondary N) is 3. The Morgan fingerprint density at radius 1 is 1.26 bits per heavy atom. The summed E-state index contributed by atoms with van der Waals surface area (Å²) in [6.07, 6.45) is -3.30. The maximum Gasteiger partial charge on any atom is 0.433 e. The topological polar surface area (TPSA) is 112 Å². The summed E-state index contributed by atoms with van der Waals surface area (Å²) in [5, 5.41) is 27.3. The van der Waals surface area contributed by atoms with Crippen LogP contribution in [-0.2, 0) is 12.7 Å². The van der Waals surface area contributed by atoms with Crippen molar-refractivity contribution in [2.45, 2.75) is 45.5 Å². The monoisotopic (exact) mass is 495 g/mol. The third-order valence-electron chi connectivity index (χ3n) is 5.46. The van der Waals surface area contributed by atoms with E-state index >= 15 is 0 Å². The molecular weight excluding hydrogens is 471 g/mol. The van der Waals surface area contributed by atoms with Gasteiger partial charge >= 0.3 is 6.18 Å². The van der Waals surface area contributed by atoms with E-state index in [0.29, 0.717) is 24.4 Å². The highest BCUT2D eigenvalue weighted by molar-refractivity contribution is 6.30. The number of halogens is 4. The SMILES string of the molecule is CC(=N)N(Cc1ccc(Cl)cc1)C(=N)[C@H]1CCCN1C(=Nc1ccc(C(F)(F)F)nc1C)NO. The molecule has 0 spiro atoms. The number of benzene rings is 1. The molecule has 0 bridgehead atoms. The molecular formula is C22H25ClF3N7O. The van der Waals surface area contributed by atoms with Gasteiger partial charge in [0.25, 0.3) is 0 Å². The second-order valence-corrected chi connectivity index (χ2v) is 8.32. The highest BCUT2D eigenvalue weighted by Crippen LogP contribution is 2.30. The van der Waals surface area contributed by atoms with Gasteiger partial charge in [0.05, 0.1) is 29.8 Å². The molecule has 0 saturated carbocycles. The number of nitrogens with zero attached hydrogens (tertiary/aromatic N) is 4. The van der Waals surface area contributed by atoms with Crippen LogP contribution in [0.3, 0.4) is 0 Å². The lowest BCUT2D eigenvalue weighted by Gasteiger charge is -2.33. The summed E-state index contributed by atoms with van der Waals surface area (Å²) < 4.78 is 38.8. The summed E-state index contributed by atoms with van der Waals surface area (Å²) in [4.78, 5) is 11.1. The van der Waals surface area contributed by atoms with Crippen molar-refractivity contribution >= 4 is 34.9 Å². The van der Waals surface area contributed by atoms with Crippen molar-refractivity contribution in [2.24, 2.45) is 4.99 Å². The summed E-state index contributed by atoms with van der Waals surface area (Å²) in [7, 11) is 0. The fourth-order valence-corrected chi connectivity index (χ4v) is 3.86. The number of hydroxylamine groups is 1. The number of aliphatic imine (C=N–C) groups is 1. The third kappa shape index (κ3) is 5.84. The van der Waals surface area contributed by atoms with Gasteiger partial charge in [0, 0.05) is 11.6 Å². The van der Waals surface area contributed by atoms with Gasteiger partial charge in [-0.25, -0.2) is 15.5 Å². The number of alkyl halides is 3. The molecule has 0 radical (unpaired) electrons. The lowest BCUT2D eigenvalue weighted by molar-refractivity contribution is -0.141. The molecule has 12 heteroatoms. The van der Waals surface area contributed by atoms with Gasteiger partial charge in [0.1, 0.15) is 11.5 Å². The smallest absolute Gasteiger partial charge is 0.331 e. The molecule has 1 aromatic heterocycles. The average Bonchev–Trinajstić information content (AvgIpc) is 3.26. The largest absolute Gasteiger partial charge is 0.433 e. The number of hydrogen-bond donors (Lipinski definition) is 4. The van der Waals surface area contributed by atoms with Crippen LogP contribution in [-0.4, -0.2) is 50.2 Å². The first-order chi connectivity index (χ1) is 16.0. The molecule has 3 rings (SSSR count). The van der Waals surface area contributed by atoms with Gasteiger partial charge in [-0.1, -0.05) is 23.7 Å². The van der Waals surface area contributed by atoms with Crippen LogP contribution in [0.2, 0.25) is 5.02 Å². The molecule has 1 aromatic carbocycles. The molecule has 1 aliphatic heterocycles. The van der Waals surface area contributed by atoms with Crippen LogP contribution < -0.4 is 5.48 Å². The Bertz CT molecular complexity index is 1090. The predicted octanol–water partition coefficient (Wildman–Crippen LogP) is 4.97. The van der Waals surface area contributed by atoms with E-state index in [1.165, 1.54) is 13.0 Å². The summed E-state index contributed by atoms with van der Waals surface area (Å²) in [6.45, 7) is 3.73. The molecule has 4 N–H and O–H groups in total. The van der Waals surface area contributed by atoms with E-state index in [9.17, 15) is 18.4 Å². The number of hydrogen-bond acceptors (Lipinski definition) is 5. The first-order valence-corrected chi connectivity index (χ1v) is 10.8. The van der Waals surface area contributed by atoms with Crippen LogP contribution in [0.25, 0.3) is 0 Å². The quantitative estimate of drug-likeness (QED) is 0.272. The van der Waals surface area contributed by atoms with Gasteiger partial charge in [-0.15, -0.1) is 0 Å². The molecule has 0 aliphatic carbocycles. The van der Waals surface area contributed by atoms with Crippen molar-refractivity contribution < 1.29 is 18.4 Å². The minimum Gasteiger partial charge on any atom is -0.331 e. The van der Waals surface area contributed by atoms with Gasteiger partial charge in [-0.2, -0.15) is 13.2 Å². The summed E-state index contributed by atoms with van der Waals surface area (Å²) in [5.74, 6) is 0.307. The summed E-state index contributed by atoms with van der Waals surface area (Å²) in [5.41, 5.74) is 2.06. The van der Waals surface area contributed by atoms with Gasteiger partial charge < -0.3 is 9.80 Å². The minimum absolute atomic E-state index is 0.00835. The minimum atomic E-state index is -4.57. The fraction of sp³-hybridized carbons (Fsp3) is 0.364. The van der Waals surface area contributed by atoms with E-state index in [2.05, 4.69) is 9.98 Å². The lowest BCUT2D eigenvalue weighted by atomic mass is 10.1. The molecule has 2 aromatic rings. The number of rotatable bonds is 4. The highest BCUT2D eigenvalue weighted by atomic mass is 35.5. The van der Waals surface area contributed by atoms with Crippen molar-refractivity contribution in [2.75, 3.05) is 6.54 Å². The number of aryl methyl sites for hydroxylation is 1. The number of amidine groups is 2. The van der Waals surface area contributed by atoms with Gasteiger partial charge in [-0.3, -0.25) is 16.0 Å². The van der Waals surface area contributed by atoms with E-state index in [1.54, 1.807) is 28.9 Å². The normalized spacial score (nSPS) is 16.5. The van der Waals surface area contributed by atoms with Crippen LogP contribution in [0.5, 0.6) is 0 Å². The van der Waals surface area contributed by atoms with Crippen molar-refractivity contribution in [3.63, 3.8) is 0 Å². The van der Waals surface area contributed by atoms with Gasteiger partial charge in [0.15, 0.2) is 0 Å². The Hall–Kier alpha value is -3.18. The number of pyridine rings is 1. The Morgan fingerprint density at radius 2 is 1.94 bits per heavy atom. The van der Waals surface area contributed by atoms with E-state index in [0.717, 1.165) is 11.6 Å². The van der Waals surface area contributed by atoms with Crippen LogP contribution in [0.1, 0.15) is 36.7 Å². The molecule has 34 heavy (non-hydrogen) atoms. The molecule has 0 amide bonds. The van der Waals surface area contributed by atoms with E-state index in [4.69, 9.17) is 22.4 Å². The predicted molar refractivity (Wildman–Crippen MR) is 124 cm³/mol. The molecule has 2 heterocycles. The van der Waals surface area contributed by atoms with E-state index in [1.807, 2.05) is 17.6 Å². The fourth-order valence-electron chi connectivity index (χ4n) is 3.74. The zero-order valence-electron chi connectivity index (χ0n) is 18.6. The van der Waals surface area contributed by atoms with Crippen molar-refractivity contribution in [3.8, 4) is 0 Å². The van der Waals surface area contributed by atoms with Crippen LogP contribution >= 0.6 is 11.6 Å². The summed E-state index contributed by atoms with van der Waals surface area (Å²) >= 11 is 5.95. The average molecular weight is 496 g/mol. The second-order valence-electron chi connectivity index (χ2n) is 7.88. The number of guanidine groups is 1. The molecule has 0 unspecified atom stereocenters. The van der Waals surface area contributed by atoms with Crippen LogP contribution in [0, 0.1) is 17.7 Å². The zero-order chi connectivity index (χ0) is 25.0. The Balaban J connectivity index is 1.86. The molecule has 8 nitrogen and oxygen atoms in total. The molecule has 1 fully saturated rings. The van der Waals surface area contributed by atoms with E-state index in [-0.39, 0.29) is 35.6 Å². The van der Waals surface area contributed by atoms with Crippen LogP contribution in [0.4, 0.5) is 18.9 Å². The van der Waals surface area contributed by atoms with Crippen molar-refractivity contribution in [3.05, 3.63) is 58.4 Å². The van der Waals surface area contributed by atoms with Crippen LogP contribution in [0.15, 0.2) is 41.4 Å². The first kappa shape index (κ1) is 25.4. The maximum atomic E-state index is 12.9. The van der Waals surface area contributed by atoms with Gasteiger partial charge in [-0.05, 0) is 56.5 Å². The Kier molecular flexibility index (Phi) is 7.78. The Labute approximate surface area is 200 Å². The number of aromatic nitrogens is 1. The molecule has 1 atom stereocenters. The summed E-state index contributed by atoms with van der Waals surface area (Å²) in [6, 6.07) is 8.63. The maximum absolute atomic E-state index is 12.9. The van der Waals surface area contributed by atoms with Crippen molar-refractivity contribution in [1.29, 1.82) is 10.8 Å². The zero-order valence-corrected chi connectivity index (χ0v) is 19.4. The number of likely N-dealkylation sites (tertiary alicyclic amines) is 1. The van der Waals surface area contributed by atoms with Gasteiger partial charge in [0.2, 0.25) is 5.96 Å². The van der Waals surface area contributed by atoms with Crippen molar-refractivity contribution in [1.82, 2.24) is 20.3 Å². The van der Waals surface area contributed by atoms with E-state index < -0.39 is 17.9 Å². The molecule has 1 aliphatic rings. The molecule has 1 saturated heterocycles. The lowest BCUT2D eigenvalue weighted by Crippen LogP contribution is -2.51. The first-order valence-electron chi connectivity index (χ1n) is 10.5. The second kappa shape index (κ2) is 10.4. The third-order valence-corrected chi connectivity index (χ3v) is 5.72. The molecule has 182 valence electrons. The Morgan fingerprint density at radius 3 is 2.50 bits per heavy atom. The standard InChI is InChI=1S/C22H25ClF3N7O/c1-13-17(9-10-19(29-13)22(24,25)26)30-21(31-34)32-11-3-4-18(32)20(28)33(14(2)27)12-15-5-7-16(23)8-6-15/h5-10,18,27-28,34H,3-4,11-12H2,1-2H3,(H,30,31)/t18-/m1/s1. The highest BCUT2D eigenvalue weighted by Gasteiger charge is 2.35.